The lowest BCUT2D eigenvalue weighted by molar-refractivity contribution is 0.207. The summed E-state index contributed by atoms with van der Waals surface area (Å²) in [7, 11) is 0. The monoisotopic (exact) mass is 188 g/mol. The molecule has 0 atom stereocenters. The lowest BCUT2D eigenvalue weighted by atomic mass is 10.2. The van der Waals surface area contributed by atoms with Crippen LogP contribution in [-0.4, -0.2) is 0 Å². The summed E-state index contributed by atoms with van der Waals surface area (Å²) in [4.78, 5) is 0. The Labute approximate surface area is 83.1 Å². The van der Waals surface area contributed by atoms with Gasteiger partial charge in [-0.05, 0) is 11.6 Å². The molecule has 1 aromatic rings. The Morgan fingerprint density at radius 1 is 1.07 bits per heavy atom. The smallest absolute Gasteiger partial charge is 0.138 e. The van der Waals surface area contributed by atoms with Crippen molar-refractivity contribution in [1.29, 1.82) is 0 Å². The van der Waals surface area contributed by atoms with E-state index >= 15 is 0 Å². The van der Waals surface area contributed by atoms with Crippen molar-refractivity contribution in [1.82, 2.24) is 10.9 Å². The zero-order valence-electron chi connectivity index (χ0n) is 7.73. The van der Waals surface area contributed by atoms with Gasteiger partial charge in [0.1, 0.15) is 12.4 Å². The van der Waals surface area contributed by atoms with E-state index in [2.05, 4.69) is 10.9 Å². The summed E-state index contributed by atoms with van der Waals surface area (Å²) < 4.78 is 5.54. The molecule has 3 nitrogen and oxygen atoms in total. The number of rotatable bonds is 3. The number of allylic oxidation sites excluding steroid dienone is 1. The van der Waals surface area contributed by atoms with Gasteiger partial charge in [0, 0.05) is 6.20 Å². The molecule has 0 aliphatic carbocycles. The molecule has 0 saturated carbocycles. The normalized spacial score (nSPS) is 13.9. The molecule has 1 aromatic carbocycles. The molecular formula is C11H12N2O. The second-order valence-corrected chi connectivity index (χ2v) is 2.94. The number of ether oxygens (including phenoxy) is 1. The van der Waals surface area contributed by atoms with Gasteiger partial charge < -0.3 is 15.6 Å². The van der Waals surface area contributed by atoms with Crippen LogP contribution in [0.3, 0.4) is 0 Å². The third kappa shape index (κ3) is 2.29. The van der Waals surface area contributed by atoms with Crippen LogP contribution in [0.1, 0.15) is 5.56 Å². The van der Waals surface area contributed by atoms with Gasteiger partial charge in [0.2, 0.25) is 0 Å². The Kier molecular flexibility index (Phi) is 2.71. The van der Waals surface area contributed by atoms with Crippen molar-refractivity contribution in [2.75, 3.05) is 0 Å². The van der Waals surface area contributed by atoms with Crippen LogP contribution in [0.5, 0.6) is 0 Å². The summed E-state index contributed by atoms with van der Waals surface area (Å²) >= 11 is 0. The van der Waals surface area contributed by atoms with E-state index in [4.69, 9.17) is 4.74 Å². The van der Waals surface area contributed by atoms with Crippen molar-refractivity contribution < 1.29 is 4.74 Å². The van der Waals surface area contributed by atoms with Gasteiger partial charge in [0.05, 0.1) is 6.20 Å². The predicted molar refractivity (Wildman–Crippen MR) is 54.7 cm³/mol. The lowest BCUT2D eigenvalue weighted by Gasteiger charge is -2.11. The van der Waals surface area contributed by atoms with Crippen molar-refractivity contribution in [3.8, 4) is 0 Å². The second kappa shape index (κ2) is 4.37. The molecule has 1 aliphatic heterocycles. The van der Waals surface area contributed by atoms with E-state index in [0.29, 0.717) is 6.61 Å². The molecule has 0 spiro atoms. The maximum atomic E-state index is 5.54. The van der Waals surface area contributed by atoms with Gasteiger partial charge in [-0.2, -0.15) is 0 Å². The summed E-state index contributed by atoms with van der Waals surface area (Å²) in [6.45, 7) is 0.596. The zero-order valence-corrected chi connectivity index (χ0v) is 7.73. The molecule has 1 aliphatic rings. The molecule has 2 N–H and O–H groups in total. The minimum atomic E-state index is 0.596. The summed E-state index contributed by atoms with van der Waals surface area (Å²) in [6, 6.07) is 10.1. The number of benzene rings is 1. The highest BCUT2D eigenvalue weighted by atomic mass is 16.5. The third-order valence-corrected chi connectivity index (χ3v) is 1.88. The summed E-state index contributed by atoms with van der Waals surface area (Å²) in [5.41, 5.74) is 6.84. The maximum absolute atomic E-state index is 5.54. The van der Waals surface area contributed by atoms with E-state index < -0.39 is 0 Å². The average Bonchev–Trinajstić information content (AvgIpc) is 2.29. The van der Waals surface area contributed by atoms with Crippen molar-refractivity contribution in [2.24, 2.45) is 0 Å². The first kappa shape index (κ1) is 8.69. The van der Waals surface area contributed by atoms with Crippen molar-refractivity contribution in [2.45, 2.75) is 6.61 Å². The van der Waals surface area contributed by atoms with Gasteiger partial charge in [-0.25, -0.2) is 0 Å². The average molecular weight is 188 g/mol. The Hall–Kier alpha value is -1.90. The molecular weight excluding hydrogens is 176 g/mol. The Morgan fingerprint density at radius 3 is 2.64 bits per heavy atom. The van der Waals surface area contributed by atoms with E-state index in [-0.39, 0.29) is 0 Å². The number of hydrogen-bond acceptors (Lipinski definition) is 3. The second-order valence-electron chi connectivity index (χ2n) is 2.94. The summed E-state index contributed by atoms with van der Waals surface area (Å²) in [5, 5.41) is 0. The van der Waals surface area contributed by atoms with Gasteiger partial charge in [-0.15, -0.1) is 0 Å². The first-order chi connectivity index (χ1) is 6.95. The molecule has 2 rings (SSSR count). The van der Waals surface area contributed by atoms with Crippen LogP contribution in [0.4, 0.5) is 0 Å². The zero-order chi connectivity index (χ0) is 9.64. The minimum Gasteiger partial charge on any atom is -0.487 e. The topological polar surface area (TPSA) is 33.3 Å². The molecule has 0 saturated heterocycles. The highest BCUT2D eigenvalue weighted by Crippen LogP contribution is 2.06. The van der Waals surface area contributed by atoms with Gasteiger partial charge in [0.25, 0.3) is 0 Å². The van der Waals surface area contributed by atoms with Gasteiger partial charge >= 0.3 is 0 Å². The molecule has 0 unspecified atom stereocenters. The van der Waals surface area contributed by atoms with Crippen LogP contribution in [0.25, 0.3) is 0 Å². The molecule has 1 heterocycles. The highest BCUT2D eigenvalue weighted by Gasteiger charge is 1.97. The highest BCUT2D eigenvalue weighted by molar-refractivity contribution is 5.16. The molecule has 0 aromatic heterocycles. The third-order valence-electron chi connectivity index (χ3n) is 1.88. The molecule has 72 valence electrons. The standard InChI is InChI=1S/C11H12N2O/c1-2-4-10(5-3-1)9-14-11-6-7-12-13-8-11/h1-8,12-13H,9H2. The van der Waals surface area contributed by atoms with Gasteiger partial charge in [-0.1, -0.05) is 30.3 Å². The summed E-state index contributed by atoms with van der Waals surface area (Å²) in [5.74, 6) is 0.826. The van der Waals surface area contributed by atoms with E-state index in [1.807, 2.05) is 36.4 Å². The van der Waals surface area contributed by atoms with Crippen LogP contribution < -0.4 is 10.9 Å². The predicted octanol–water partition coefficient (Wildman–Crippen LogP) is 1.67. The fraction of sp³-hybridized carbons (Fsp3) is 0.0909. The van der Waals surface area contributed by atoms with E-state index in [1.165, 1.54) is 5.56 Å². The number of nitrogens with one attached hydrogen (secondary N) is 2. The molecule has 0 fully saturated rings. The Bertz CT molecular complexity index is 344. The molecule has 14 heavy (non-hydrogen) atoms. The van der Waals surface area contributed by atoms with Crippen molar-refractivity contribution in [3.63, 3.8) is 0 Å². The number of hydrazine groups is 1. The van der Waals surface area contributed by atoms with Crippen LogP contribution in [-0.2, 0) is 11.3 Å². The Balaban J connectivity index is 1.88. The Morgan fingerprint density at radius 2 is 1.93 bits per heavy atom. The van der Waals surface area contributed by atoms with Crippen LogP contribution >= 0.6 is 0 Å². The van der Waals surface area contributed by atoms with Gasteiger partial charge in [-0.3, -0.25) is 0 Å². The molecule has 0 radical (unpaired) electrons. The fourth-order valence-corrected chi connectivity index (χ4v) is 1.16. The first-order valence-corrected chi connectivity index (χ1v) is 4.50. The largest absolute Gasteiger partial charge is 0.487 e. The van der Waals surface area contributed by atoms with Crippen molar-refractivity contribution >= 4 is 0 Å². The van der Waals surface area contributed by atoms with Crippen LogP contribution in [0.2, 0.25) is 0 Å². The lowest BCUT2D eigenvalue weighted by Crippen LogP contribution is -2.23. The van der Waals surface area contributed by atoms with Crippen LogP contribution in [0, 0.1) is 0 Å². The van der Waals surface area contributed by atoms with E-state index in [1.54, 1.807) is 12.4 Å². The summed E-state index contributed by atoms with van der Waals surface area (Å²) in [6.07, 6.45) is 5.45. The van der Waals surface area contributed by atoms with E-state index in [0.717, 1.165) is 5.76 Å². The first-order valence-electron chi connectivity index (χ1n) is 4.50. The quantitative estimate of drug-likeness (QED) is 0.757. The molecule has 0 bridgehead atoms. The van der Waals surface area contributed by atoms with Crippen molar-refractivity contribution in [3.05, 3.63) is 60.1 Å². The fourth-order valence-electron chi connectivity index (χ4n) is 1.16. The minimum absolute atomic E-state index is 0.596. The van der Waals surface area contributed by atoms with Crippen LogP contribution in [0.15, 0.2) is 54.6 Å². The number of hydrogen-bond donors (Lipinski definition) is 2. The maximum Gasteiger partial charge on any atom is 0.138 e. The van der Waals surface area contributed by atoms with Gasteiger partial charge in [0.15, 0.2) is 0 Å². The molecule has 0 amide bonds. The molecule has 3 heteroatoms. The van der Waals surface area contributed by atoms with E-state index in [9.17, 15) is 0 Å². The SMILES string of the molecule is C1=CC(OCc2ccccc2)=CNN1.